The molecule has 0 atom stereocenters. The van der Waals surface area contributed by atoms with Crippen LogP contribution in [-0.2, 0) is 0 Å². The van der Waals surface area contributed by atoms with Crippen LogP contribution >= 0.6 is 0 Å². The van der Waals surface area contributed by atoms with Gasteiger partial charge in [0.2, 0.25) is 5.88 Å². The number of rotatable bonds is 2. The minimum Gasteiger partial charge on any atom is -0.474 e. The van der Waals surface area contributed by atoms with Gasteiger partial charge in [-0.2, -0.15) is 0 Å². The van der Waals surface area contributed by atoms with Gasteiger partial charge in [-0.15, -0.1) is 0 Å². The van der Waals surface area contributed by atoms with Crippen molar-refractivity contribution < 1.29 is 9.13 Å². The summed E-state index contributed by atoms with van der Waals surface area (Å²) in [6, 6.07) is 12.6. The fourth-order valence-corrected chi connectivity index (χ4v) is 3.24. The molecule has 0 unspecified atom stereocenters. The Kier molecular flexibility index (Phi) is 4.11. The molecule has 6 heteroatoms. The summed E-state index contributed by atoms with van der Waals surface area (Å²) in [6.45, 7) is 3.10. The van der Waals surface area contributed by atoms with E-state index in [4.69, 9.17) is 21.2 Å². The van der Waals surface area contributed by atoms with E-state index in [0.29, 0.717) is 29.4 Å². The molecule has 0 amide bonds. The van der Waals surface area contributed by atoms with Crippen LogP contribution in [0.3, 0.4) is 0 Å². The first kappa shape index (κ1) is 17.1. The van der Waals surface area contributed by atoms with Gasteiger partial charge in [0, 0.05) is 18.2 Å². The Balaban J connectivity index is 1.97. The van der Waals surface area contributed by atoms with Crippen LogP contribution in [0.25, 0.3) is 22.4 Å². The Morgan fingerprint density at radius 1 is 1.04 bits per heavy atom. The van der Waals surface area contributed by atoms with Gasteiger partial charge in [-0.25, -0.2) is 9.37 Å². The number of nitrogens with two attached hydrogens (primary N) is 2. The van der Waals surface area contributed by atoms with Gasteiger partial charge in [-0.05, 0) is 54.4 Å². The maximum absolute atomic E-state index is 13.8. The maximum Gasteiger partial charge on any atom is 0.238 e. The Labute approximate surface area is 157 Å². The lowest BCUT2D eigenvalue weighted by Gasteiger charge is -2.28. The molecule has 4 N–H and O–H groups in total. The number of pyridine rings is 1. The summed E-state index contributed by atoms with van der Waals surface area (Å²) in [4.78, 5) is 6.88. The Morgan fingerprint density at radius 3 is 2.56 bits per heavy atom. The summed E-state index contributed by atoms with van der Waals surface area (Å²) in [7, 11) is 2.01. The lowest BCUT2D eigenvalue weighted by atomic mass is 9.96. The predicted octanol–water partition coefficient (Wildman–Crippen LogP) is 3.86. The lowest BCUT2D eigenvalue weighted by Crippen LogP contribution is -2.29. The van der Waals surface area contributed by atoms with Crippen molar-refractivity contribution in [2.24, 2.45) is 0 Å². The highest BCUT2D eigenvalue weighted by atomic mass is 19.1. The van der Waals surface area contributed by atoms with Crippen LogP contribution in [-0.4, -0.2) is 25.2 Å². The number of aryl methyl sites for hydroxylation is 1. The molecule has 0 saturated carbocycles. The first-order chi connectivity index (χ1) is 12.9. The number of likely N-dealkylation sites (N-methyl/N-ethyl adjacent to an activating group) is 1. The van der Waals surface area contributed by atoms with E-state index in [1.165, 1.54) is 6.07 Å². The third kappa shape index (κ3) is 3.03. The van der Waals surface area contributed by atoms with Crippen LogP contribution in [0, 0.1) is 12.7 Å². The van der Waals surface area contributed by atoms with Crippen LogP contribution in [0.5, 0.6) is 5.88 Å². The van der Waals surface area contributed by atoms with E-state index in [1.807, 2.05) is 25.2 Å². The average Bonchev–Trinajstić information content (AvgIpc) is 2.66. The second kappa shape index (κ2) is 6.46. The normalized spacial score (nSPS) is 13.2. The summed E-state index contributed by atoms with van der Waals surface area (Å²) in [5, 5.41) is 0. The van der Waals surface area contributed by atoms with Crippen LogP contribution in [0.1, 0.15) is 5.56 Å². The van der Waals surface area contributed by atoms with Gasteiger partial charge in [0.25, 0.3) is 0 Å². The highest BCUT2D eigenvalue weighted by molar-refractivity contribution is 5.87. The standard InChI is InChI=1S/C21H21FN4O/c1-12-9-14(3-5-16(12)22)20-15(13-4-6-17(23)18(24)10-13)11-19-21(25-20)27-8-7-26(19)2/h3-6,9-11H,7-8,23-24H2,1-2H3. The van der Waals surface area contributed by atoms with Gasteiger partial charge in [0.15, 0.2) is 0 Å². The average molecular weight is 364 g/mol. The molecule has 1 aliphatic heterocycles. The van der Waals surface area contributed by atoms with E-state index in [0.717, 1.165) is 34.6 Å². The fourth-order valence-electron chi connectivity index (χ4n) is 3.24. The van der Waals surface area contributed by atoms with Crippen molar-refractivity contribution >= 4 is 17.1 Å². The molecule has 0 bridgehead atoms. The molecule has 3 aromatic rings. The zero-order valence-corrected chi connectivity index (χ0v) is 15.3. The molecule has 2 heterocycles. The first-order valence-corrected chi connectivity index (χ1v) is 8.75. The molecule has 0 fully saturated rings. The van der Waals surface area contributed by atoms with Gasteiger partial charge >= 0.3 is 0 Å². The van der Waals surface area contributed by atoms with Crippen molar-refractivity contribution in [3.63, 3.8) is 0 Å². The number of hydrogen-bond donors (Lipinski definition) is 2. The molecule has 4 rings (SSSR count). The van der Waals surface area contributed by atoms with Crippen molar-refractivity contribution in [2.45, 2.75) is 6.92 Å². The molecule has 0 aliphatic carbocycles. The highest BCUT2D eigenvalue weighted by Gasteiger charge is 2.22. The van der Waals surface area contributed by atoms with Crippen LogP contribution in [0.4, 0.5) is 21.5 Å². The smallest absolute Gasteiger partial charge is 0.238 e. The number of anilines is 3. The predicted molar refractivity (Wildman–Crippen MR) is 107 cm³/mol. The van der Waals surface area contributed by atoms with E-state index < -0.39 is 0 Å². The molecule has 0 radical (unpaired) electrons. The number of aromatic nitrogens is 1. The Morgan fingerprint density at radius 2 is 1.81 bits per heavy atom. The van der Waals surface area contributed by atoms with Crippen LogP contribution in [0.15, 0.2) is 42.5 Å². The van der Waals surface area contributed by atoms with Crippen LogP contribution in [0.2, 0.25) is 0 Å². The minimum absolute atomic E-state index is 0.244. The summed E-state index contributed by atoms with van der Waals surface area (Å²) < 4.78 is 19.5. The molecule has 1 aliphatic rings. The molecule has 0 saturated heterocycles. The molecule has 0 spiro atoms. The maximum atomic E-state index is 13.8. The molecular formula is C21H21FN4O. The van der Waals surface area contributed by atoms with Gasteiger partial charge in [-0.3, -0.25) is 0 Å². The monoisotopic (exact) mass is 364 g/mol. The van der Waals surface area contributed by atoms with Crippen molar-refractivity contribution in [1.29, 1.82) is 0 Å². The molecule has 27 heavy (non-hydrogen) atoms. The number of benzene rings is 2. The van der Waals surface area contributed by atoms with Crippen molar-refractivity contribution in [3.8, 4) is 28.3 Å². The lowest BCUT2D eigenvalue weighted by molar-refractivity contribution is 0.299. The highest BCUT2D eigenvalue weighted by Crippen LogP contribution is 2.40. The van der Waals surface area contributed by atoms with Gasteiger partial charge in [0.05, 0.1) is 23.6 Å². The SMILES string of the molecule is Cc1cc(-c2nc3c(cc2-c2ccc(N)c(N)c2)N(C)CCO3)ccc1F. The summed E-state index contributed by atoms with van der Waals surface area (Å²) in [5.41, 5.74) is 17.7. The number of fused-ring (bicyclic) bond motifs is 1. The van der Waals surface area contributed by atoms with Gasteiger partial charge < -0.3 is 21.1 Å². The van der Waals surface area contributed by atoms with E-state index in [2.05, 4.69) is 4.90 Å². The Hall–Kier alpha value is -3.28. The topological polar surface area (TPSA) is 77.4 Å². The second-order valence-corrected chi connectivity index (χ2v) is 6.79. The van der Waals surface area contributed by atoms with Crippen molar-refractivity contribution in [2.75, 3.05) is 36.6 Å². The van der Waals surface area contributed by atoms with E-state index >= 15 is 0 Å². The quantitative estimate of drug-likeness (QED) is 0.675. The first-order valence-electron chi connectivity index (χ1n) is 8.75. The molecule has 2 aromatic carbocycles. The van der Waals surface area contributed by atoms with Crippen molar-refractivity contribution in [3.05, 3.63) is 53.8 Å². The third-order valence-electron chi connectivity index (χ3n) is 4.87. The molecule has 1 aromatic heterocycles. The number of hydrogen-bond acceptors (Lipinski definition) is 5. The van der Waals surface area contributed by atoms with Crippen LogP contribution < -0.4 is 21.1 Å². The zero-order chi connectivity index (χ0) is 19.1. The number of ether oxygens (including phenoxy) is 1. The largest absolute Gasteiger partial charge is 0.474 e. The van der Waals surface area contributed by atoms with E-state index in [1.54, 1.807) is 25.1 Å². The zero-order valence-electron chi connectivity index (χ0n) is 15.3. The van der Waals surface area contributed by atoms with E-state index in [-0.39, 0.29) is 5.82 Å². The summed E-state index contributed by atoms with van der Waals surface area (Å²) in [5.74, 6) is 0.332. The second-order valence-electron chi connectivity index (χ2n) is 6.79. The summed E-state index contributed by atoms with van der Waals surface area (Å²) in [6.07, 6.45) is 0. The van der Waals surface area contributed by atoms with Gasteiger partial charge in [-0.1, -0.05) is 6.07 Å². The fraction of sp³-hybridized carbons (Fsp3) is 0.190. The Bertz CT molecular complexity index is 1030. The molecular weight excluding hydrogens is 343 g/mol. The number of halogens is 1. The molecule has 5 nitrogen and oxygen atoms in total. The van der Waals surface area contributed by atoms with Gasteiger partial charge in [0.1, 0.15) is 18.1 Å². The molecule has 138 valence electrons. The van der Waals surface area contributed by atoms with E-state index in [9.17, 15) is 4.39 Å². The summed E-state index contributed by atoms with van der Waals surface area (Å²) >= 11 is 0. The number of nitrogens with zero attached hydrogens (tertiary/aromatic N) is 2. The third-order valence-corrected chi connectivity index (χ3v) is 4.87. The number of nitrogen functional groups attached to an aromatic ring is 2. The van der Waals surface area contributed by atoms with Crippen molar-refractivity contribution in [1.82, 2.24) is 4.98 Å². The minimum atomic E-state index is -0.244.